The van der Waals surface area contributed by atoms with Gasteiger partial charge in [-0.25, -0.2) is 4.39 Å². The van der Waals surface area contributed by atoms with E-state index >= 15 is 0 Å². The van der Waals surface area contributed by atoms with Crippen molar-refractivity contribution in [3.05, 3.63) is 71.0 Å². The Kier molecular flexibility index (Phi) is 6.13. The van der Waals surface area contributed by atoms with Gasteiger partial charge in [-0.2, -0.15) is 5.26 Å². The summed E-state index contributed by atoms with van der Waals surface area (Å²) in [5.41, 5.74) is 2.39. The summed E-state index contributed by atoms with van der Waals surface area (Å²) in [7, 11) is 1.71. The molecule has 0 unspecified atom stereocenters. The molecule has 2 aromatic carbocycles. The highest BCUT2D eigenvalue weighted by molar-refractivity contribution is 5.79. The first-order valence-corrected chi connectivity index (χ1v) is 8.14. The predicted octanol–water partition coefficient (Wildman–Crippen LogP) is 3.34. The Morgan fingerprint density at radius 3 is 2.48 bits per heavy atom. The second-order valence-electron chi connectivity index (χ2n) is 6.48. The van der Waals surface area contributed by atoms with Crippen LogP contribution in [-0.4, -0.2) is 19.6 Å². The molecule has 25 heavy (non-hydrogen) atoms. The molecule has 2 rings (SSSR count). The van der Waals surface area contributed by atoms with Gasteiger partial charge in [0.2, 0.25) is 0 Å². The second-order valence-corrected chi connectivity index (χ2v) is 6.48. The number of guanidine groups is 1. The Labute approximate surface area is 148 Å². The van der Waals surface area contributed by atoms with Crippen LogP contribution in [-0.2, 0) is 12.0 Å². The number of nitriles is 1. The molecular formula is C20H23FN4. The van der Waals surface area contributed by atoms with Gasteiger partial charge in [-0.3, -0.25) is 4.99 Å². The summed E-state index contributed by atoms with van der Waals surface area (Å²) >= 11 is 0. The number of aliphatic imine (C=N–C) groups is 1. The molecule has 0 heterocycles. The van der Waals surface area contributed by atoms with Crippen LogP contribution < -0.4 is 10.6 Å². The van der Waals surface area contributed by atoms with Gasteiger partial charge in [-0.05, 0) is 35.4 Å². The molecule has 0 amide bonds. The summed E-state index contributed by atoms with van der Waals surface area (Å²) in [6, 6.07) is 16.2. The van der Waals surface area contributed by atoms with Crippen LogP contribution in [0, 0.1) is 17.1 Å². The van der Waals surface area contributed by atoms with E-state index < -0.39 is 0 Å². The molecule has 0 saturated heterocycles. The maximum atomic E-state index is 13.4. The average Bonchev–Trinajstić information content (AvgIpc) is 2.62. The summed E-state index contributed by atoms with van der Waals surface area (Å²) in [5.74, 6) is 0.447. The SMILES string of the molecule is CN=C(NCc1ccc(C#N)cc1)NCC(C)(C)c1cccc(F)c1. The van der Waals surface area contributed by atoms with Crippen LogP contribution >= 0.6 is 0 Å². The van der Waals surface area contributed by atoms with Crippen LogP contribution in [0.2, 0.25) is 0 Å². The van der Waals surface area contributed by atoms with Crippen molar-refractivity contribution in [3.8, 4) is 6.07 Å². The number of benzene rings is 2. The lowest BCUT2D eigenvalue weighted by molar-refractivity contribution is 0.503. The second kappa shape index (κ2) is 8.29. The molecule has 0 radical (unpaired) electrons. The van der Waals surface area contributed by atoms with Crippen LogP contribution in [0.1, 0.15) is 30.5 Å². The van der Waals surface area contributed by atoms with Crippen LogP contribution in [0.15, 0.2) is 53.5 Å². The summed E-state index contributed by atoms with van der Waals surface area (Å²) in [6.07, 6.45) is 0. The average molecular weight is 338 g/mol. The Morgan fingerprint density at radius 2 is 1.88 bits per heavy atom. The number of halogens is 1. The van der Waals surface area contributed by atoms with Gasteiger partial charge in [0.15, 0.2) is 5.96 Å². The molecule has 5 heteroatoms. The first kappa shape index (κ1) is 18.5. The number of nitrogens with one attached hydrogen (secondary N) is 2. The summed E-state index contributed by atoms with van der Waals surface area (Å²) in [5, 5.41) is 15.3. The fraction of sp³-hybridized carbons (Fsp3) is 0.300. The van der Waals surface area contributed by atoms with Crippen LogP contribution in [0.3, 0.4) is 0 Å². The lowest BCUT2D eigenvalue weighted by atomic mass is 9.84. The van der Waals surface area contributed by atoms with Gasteiger partial charge in [0, 0.05) is 25.6 Å². The molecule has 0 fully saturated rings. The zero-order valence-corrected chi connectivity index (χ0v) is 14.8. The molecule has 0 aromatic heterocycles. The van der Waals surface area contributed by atoms with E-state index in [1.807, 2.05) is 18.2 Å². The molecule has 130 valence electrons. The van der Waals surface area contributed by atoms with Crippen molar-refractivity contribution in [3.63, 3.8) is 0 Å². The topological polar surface area (TPSA) is 60.2 Å². The van der Waals surface area contributed by atoms with Crippen molar-refractivity contribution in [1.29, 1.82) is 5.26 Å². The van der Waals surface area contributed by atoms with Gasteiger partial charge in [-0.1, -0.05) is 38.1 Å². The molecule has 0 saturated carbocycles. The summed E-state index contributed by atoms with van der Waals surface area (Å²) in [6.45, 7) is 5.33. The van der Waals surface area contributed by atoms with Crippen LogP contribution in [0.4, 0.5) is 4.39 Å². The van der Waals surface area contributed by atoms with Crippen molar-refractivity contribution < 1.29 is 4.39 Å². The zero-order valence-electron chi connectivity index (χ0n) is 14.8. The Morgan fingerprint density at radius 1 is 1.16 bits per heavy atom. The monoisotopic (exact) mass is 338 g/mol. The Hall–Kier alpha value is -2.87. The maximum absolute atomic E-state index is 13.4. The van der Waals surface area contributed by atoms with Crippen molar-refractivity contribution in [2.75, 3.05) is 13.6 Å². The van der Waals surface area contributed by atoms with Crippen molar-refractivity contribution in [2.45, 2.75) is 25.8 Å². The van der Waals surface area contributed by atoms with Gasteiger partial charge in [0.25, 0.3) is 0 Å². The minimum atomic E-state index is -0.242. The molecule has 4 nitrogen and oxygen atoms in total. The van der Waals surface area contributed by atoms with E-state index in [9.17, 15) is 4.39 Å². The van der Waals surface area contributed by atoms with Crippen molar-refractivity contribution in [2.24, 2.45) is 4.99 Å². The van der Waals surface area contributed by atoms with E-state index in [0.29, 0.717) is 24.6 Å². The first-order valence-electron chi connectivity index (χ1n) is 8.14. The van der Waals surface area contributed by atoms with Crippen molar-refractivity contribution >= 4 is 5.96 Å². The number of rotatable bonds is 5. The maximum Gasteiger partial charge on any atom is 0.191 e. The molecule has 0 aliphatic carbocycles. The highest BCUT2D eigenvalue weighted by Gasteiger charge is 2.21. The van der Waals surface area contributed by atoms with E-state index in [2.05, 4.69) is 35.5 Å². The molecule has 2 N–H and O–H groups in total. The van der Waals surface area contributed by atoms with E-state index in [1.54, 1.807) is 31.3 Å². The molecule has 0 bridgehead atoms. The normalized spacial score (nSPS) is 11.7. The Bertz CT molecular complexity index is 773. The highest BCUT2D eigenvalue weighted by Crippen LogP contribution is 2.22. The molecule has 0 atom stereocenters. The third-order valence-corrected chi connectivity index (χ3v) is 4.07. The van der Waals surface area contributed by atoms with Gasteiger partial charge in [0.1, 0.15) is 5.82 Å². The van der Waals surface area contributed by atoms with Crippen LogP contribution in [0.25, 0.3) is 0 Å². The van der Waals surface area contributed by atoms with Gasteiger partial charge < -0.3 is 10.6 Å². The lowest BCUT2D eigenvalue weighted by Gasteiger charge is -2.27. The summed E-state index contributed by atoms with van der Waals surface area (Å²) < 4.78 is 13.4. The molecule has 0 spiro atoms. The van der Waals surface area contributed by atoms with Gasteiger partial charge in [0.05, 0.1) is 11.6 Å². The molecule has 0 aliphatic rings. The standard InChI is InChI=1S/C20H23FN4/c1-20(2,17-5-4-6-18(21)11-17)14-25-19(23-3)24-13-16-9-7-15(12-22)8-10-16/h4-11H,13-14H2,1-3H3,(H2,23,24,25). The zero-order chi connectivity index (χ0) is 18.3. The van der Waals surface area contributed by atoms with E-state index in [-0.39, 0.29) is 11.2 Å². The fourth-order valence-electron chi connectivity index (χ4n) is 2.42. The lowest BCUT2D eigenvalue weighted by Crippen LogP contribution is -2.43. The van der Waals surface area contributed by atoms with Gasteiger partial charge in [-0.15, -0.1) is 0 Å². The van der Waals surface area contributed by atoms with E-state index in [1.165, 1.54) is 6.07 Å². The minimum absolute atomic E-state index is 0.228. The first-order chi connectivity index (χ1) is 11.9. The number of hydrogen-bond donors (Lipinski definition) is 2. The molecule has 0 aliphatic heterocycles. The minimum Gasteiger partial charge on any atom is -0.356 e. The highest BCUT2D eigenvalue weighted by atomic mass is 19.1. The fourth-order valence-corrected chi connectivity index (χ4v) is 2.42. The number of nitrogens with zero attached hydrogens (tertiary/aromatic N) is 2. The molecular weight excluding hydrogens is 315 g/mol. The Balaban J connectivity index is 1.92. The van der Waals surface area contributed by atoms with E-state index in [0.717, 1.165) is 11.1 Å². The summed E-state index contributed by atoms with van der Waals surface area (Å²) in [4.78, 5) is 4.22. The predicted molar refractivity (Wildman–Crippen MR) is 98.8 cm³/mol. The third kappa shape index (κ3) is 5.32. The van der Waals surface area contributed by atoms with Gasteiger partial charge >= 0.3 is 0 Å². The van der Waals surface area contributed by atoms with Crippen LogP contribution in [0.5, 0.6) is 0 Å². The number of hydrogen-bond acceptors (Lipinski definition) is 2. The quantitative estimate of drug-likeness (QED) is 0.649. The third-order valence-electron chi connectivity index (χ3n) is 4.07. The smallest absolute Gasteiger partial charge is 0.191 e. The van der Waals surface area contributed by atoms with E-state index in [4.69, 9.17) is 5.26 Å². The molecule has 2 aromatic rings. The largest absolute Gasteiger partial charge is 0.356 e. The van der Waals surface area contributed by atoms with Crippen molar-refractivity contribution in [1.82, 2.24) is 10.6 Å².